The predicted molar refractivity (Wildman–Crippen MR) is 66.5 cm³/mol. The van der Waals surface area contributed by atoms with Crippen LogP contribution in [0.4, 0.5) is 4.79 Å². The summed E-state index contributed by atoms with van der Waals surface area (Å²) in [6, 6.07) is 0. The standard InChI is InChI=1S/C11H19NO4.H4N2/c1-11(2,3)16-10(15)12-6-4-5-8(7-12)9(13)14;1-2/h8H,4-7H2,1-3H3,(H,13,14);1-2H2/t8-;/m1./s1. The molecule has 1 atom stereocenters. The van der Waals surface area contributed by atoms with Crippen LogP contribution in [0.1, 0.15) is 33.6 Å². The molecule has 0 spiro atoms. The quantitative estimate of drug-likeness (QED) is 0.468. The summed E-state index contributed by atoms with van der Waals surface area (Å²) in [5.41, 5.74) is -0.534. The lowest BCUT2D eigenvalue weighted by molar-refractivity contribution is -0.143. The van der Waals surface area contributed by atoms with E-state index < -0.39 is 23.6 Å². The van der Waals surface area contributed by atoms with E-state index in [1.807, 2.05) is 0 Å². The molecule has 0 aromatic carbocycles. The van der Waals surface area contributed by atoms with Crippen LogP contribution >= 0.6 is 0 Å². The van der Waals surface area contributed by atoms with Crippen molar-refractivity contribution in [3.05, 3.63) is 0 Å². The molecule has 0 bridgehead atoms. The highest BCUT2D eigenvalue weighted by molar-refractivity contribution is 5.73. The third kappa shape index (κ3) is 5.83. The highest BCUT2D eigenvalue weighted by Gasteiger charge is 2.30. The summed E-state index contributed by atoms with van der Waals surface area (Å²) >= 11 is 0. The lowest BCUT2D eigenvalue weighted by atomic mass is 9.99. The van der Waals surface area contributed by atoms with Gasteiger partial charge in [-0.05, 0) is 33.6 Å². The number of hydrazine groups is 1. The molecule has 1 rings (SSSR count). The van der Waals surface area contributed by atoms with Crippen molar-refractivity contribution in [3.8, 4) is 0 Å². The first-order valence-electron chi connectivity index (χ1n) is 5.83. The maximum atomic E-state index is 11.7. The highest BCUT2D eigenvalue weighted by atomic mass is 16.6. The van der Waals surface area contributed by atoms with Crippen molar-refractivity contribution >= 4 is 12.1 Å². The van der Waals surface area contributed by atoms with Crippen molar-refractivity contribution in [2.24, 2.45) is 17.6 Å². The monoisotopic (exact) mass is 261 g/mol. The van der Waals surface area contributed by atoms with Crippen LogP contribution in [0.25, 0.3) is 0 Å². The molecule has 1 aliphatic rings. The van der Waals surface area contributed by atoms with Gasteiger partial charge in [0.15, 0.2) is 0 Å². The van der Waals surface area contributed by atoms with E-state index >= 15 is 0 Å². The Labute approximate surface area is 107 Å². The Hall–Kier alpha value is -1.34. The lowest BCUT2D eigenvalue weighted by Gasteiger charge is -2.32. The number of ether oxygens (including phenoxy) is 1. The molecular formula is C11H23N3O4. The van der Waals surface area contributed by atoms with Crippen molar-refractivity contribution in [2.45, 2.75) is 39.2 Å². The second-order valence-corrected chi connectivity index (χ2v) is 5.10. The number of nitrogens with two attached hydrogens (primary N) is 2. The normalized spacial score (nSPS) is 19.6. The summed E-state index contributed by atoms with van der Waals surface area (Å²) in [5, 5.41) is 8.89. The number of carboxylic acids is 1. The number of aliphatic carboxylic acids is 1. The minimum atomic E-state index is -0.840. The zero-order valence-electron chi connectivity index (χ0n) is 11.2. The zero-order valence-corrected chi connectivity index (χ0v) is 11.2. The van der Waals surface area contributed by atoms with Gasteiger partial charge in [-0.3, -0.25) is 16.5 Å². The average molecular weight is 261 g/mol. The number of hydrogen-bond acceptors (Lipinski definition) is 5. The number of rotatable bonds is 1. The lowest BCUT2D eigenvalue weighted by Crippen LogP contribution is -2.44. The van der Waals surface area contributed by atoms with E-state index in [2.05, 4.69) is 11.7 Å². The number of piperidine rings is 1. The summed E-state index contributed by atoms with van der Waals surface area (Å²) in [6.07, 6.45) is 0.934. The van der Waals surface area contributed by atoms with Gasteiger partial charge >= 0.3 is 12.1 Å². The fourth-order valence-corrected chi connectivity index (χ4v) is 1.67. The molecule has 0 aliphatic carbocycles. The van der Waals surface area contributed by atoms with Crippen molar-refractivity contribution in [2.75, 3.05) is 13.1 Å². The van der Waals surface area contributed by atoms with Gasteiger partial charge in [0.1, 0.15) is 5.60 Å². The van der Waals surface area contributed by atoms with Crippen LogP contribution in [-0.4, -0.2) is 40.8 Å². The van der Waals surface area contributed by atoms with Gasteiger partial charge in [-0.2, -0.15) is 0 Å². The highest BCUT2D eigenvalue weighted by Crippen LogP contribution is 2.19. The number of hydrogen-bond donors (Lipinski definition) is 3. The summed E-state index contributed by atoms with van der Waals surface area (Å²) in [4.78, 5) is 24.0. The van der Waals surface area contributed by atoms with Gasteiger partial charge in [-0.25, -0.2) is 4.79 Å². The number of carboxylic acid groups (broad SMARTS) is 1. The minimum absolute atomic E-state index is 0.254. The first-order chi connectivity index (χ1) is 8.29. The molecule has 1 aliphatic heterocycles. The molecule has 0 radical (unpaired) electrons. The third-order valence-corrected chi connectivity index (χ3v) is 2.42. The number of amides is 1. The molecule has 1 amide bonds. The van der Waals surface area contributed by atoms with Crippen molar-refractivity contribution < 1.29 is 19.4 Å². The van der Waals surface area contributed by atoms with Gasteiger partial charge in [0.05, 0.1) is 5.92 Å². The van der Waals surface area contributed by atoms with E-state index in [1.54, 1.807) is 20.8 Å². The van der Waals surface area contributed by atoms with Crippen LogP contribution in [-0.2, 0) is 9.53 Å². The molecule has 1 fully saturated rings. The molecule has 0 saturated carbocycles. The Morgan fingerprint density at radius 3 is 2.33 bits per heavy atom. The molecule has 1 saturated heterocycles. The fraction of sp³-hybridized carbons (Fsp3) is 0.818. The molecule has 0 unspecified atom stereocenters. The van der Waals surface area contributed by atoms with Crippen molar-refractivity contribution in [3.63, 3.8) is 0 Å². The first kappa shape index (κ1) is 16.7. The molecule has 0 aromatic heterocycles. The van der Waals surface area contributed by atoms with Crippen LogP contribution < -0.4 is 11.7 Å². The average Bonchev–Trinajstić information content (AvgIpc) is 2.29. The van der Waals surface area contributed by atoms with E-state index in [0.717, 1.165) is 6.42 Å². The van der Waals surface area contributed by atoms with Crippen LogP contribution in [0.5, 0.6) is 0 Å². The summed E-state index contributed by atoms with van der Waals surface area (Å²) in [5.74, 6) is 6.70. The second kappa shape index (κ2) is 7.17. The molecule has 1 heterocycles. The number of nitrogens with zero attached hydrogens (tertiary/aromatic N) is 1. The van der Waals surface area contributed by atoms with Crippen LogP contribution in [0.2, 0.25) is 0 Å². The van der Waals surface area contributed by atoms with E-state index in [4.69, 9.17) is 9.84 Å². The smallest absolute Gasteiger partial charge is 0.410 e. The van der Waals surface area contributed by atoms with Crippen LogP contribution in [0.15, 0.2) is 0 Å². The Morgan fingerprint density at radius 1 is 1.33 bits per heavy atom. The number of carbonyl (C=O) groups excluding carboxylic acids is 1. The maximum Gasteiger partial charge on any atom is 0.410 e. The summed E-state index contributed by atoms with van der Waals surface area (Å²) in [7, 11) is 0. The van der Waals surface area contributed by atoms with Crippen molar-refractivity contribution in [1.82, 2.24) is 4.90 Å². The Balaban J connectivity index is 0.00000137. The fourth-order valence-electron chi connectivity index (χ4n) is 1.67. The summed E-state index contributed by atoms with van der Waals surface area (Å²) in [6.45, 7) is 6.22. The van der Waals surface area contributed by atoms with Crippen LogP contribution in [0, 0.1) is 5.92 Å². The van der Waals surface area contributed by atoms with E-state index in [-0.39, 0.29) is 6.54 Å². The molecule has 0 aromatic rings. The van der Waals surface area contributed by atoms with Crippen LogP contribution in [0.3, 0.4) is 0 Å². The predicted octanol–water partition coefficient (Wildman–Crippen LogP) is 0.537. The van der Waals surface area contributed by atoms with E-state index in [9.17, 15) is 9.59 Å². The number of carbonyl (C=O) groups is 2. The molecule has 18 heavy (non-hydrogen) atoms. The molecule has 7 heteroatoms. The third-order valence-electron chi connectivity index (χ3n) is 2.42. The molecular weight excluding hydrogens is 238 g/mol. The second-order valence-electron chi connectivity index (χ2n) is 5.10. The van der Waals surface area contributed by atoms with Gasteiger partial charge in [0.25, 0.3) is 0 Å². The largest absolute Gasteiger partial charge is 0.481 e. The van der Waals surface area contributed by atoms with Gasteiger partial charge in [-0.15, -0.1) is 0 Å². The van der Waals surface area contributed by atoms with Crippen molar-refractivity contribution in [1.29, 1.82) is 0 Å². The first-order valence-corrected chi connectivity index (χ1v) is 5.83. The number of likely N-dealkylation sites (tertiary alicyclic amines) is 1. The van der Waals surface area contributed by atoms with Gasteiger partial charge in [-0.1, -0.05) is 0 Å². The molecule has 5 N–H and O–H groups in total. The molecule has 106 valence electrons. The minimum Gasteiger partial charge on any atom is -0.481 e. The Bertz CT molecular complexity index is 289. The van der Waals surface area contributed by atoms with Gasteiger partial charge < -0.3 is 14.7 Å². The summed E-state index contributed by atoms with van der Waals surface area (Å²) < 4.78 is 5.20. The van der Waals surface area contributed by atoms with E-state index in [1.165, 1.54) is 4.90 Å². The zero-order chi connectivity index (χ0) is 14.3. The van der Waals surface area contributed by atoms with Gasteiger partial charge in [0.2, 0.25) is 0 Å². The Morgan fingerprint density at radius 2 is 1.89 bits per heavy atom. The topological polar surface area (TPSA) is 119 Å². The van der Waals surface area contributed by atoms with Gasteiger partial charge in [0, 0.05) is 13.1 Å². The maximum absolute atomic E-state index is 11.7. The molecule has 7 nitrogen and oxygen atoms in total. The van der Waals surface area contributed by atoms with E-state index in [0.29, 0.717) is 13.0 Å². The Kier molecular flexibility index (Phi) is 6.64. The SMILES string of the molecule is CC(C)(C)OC(=O)N1CCC[C@@H](C(=O)O)C1.NN.